The molecule has 0 bridgehead atoms. The summed E-state index contributed by atoms with van der Waals surface area (Å²) in [4.78, 5) is 6.33. The minimum atomic E-state index is -0.271. The topological polar surface area (TPSA) is 62.9 Å². The number of aliphatic imine (C=N–C) groups is 1. The Morgan fingerprint density at radius 3 is 2.62 bits per heavy atom. The van der Waals surface area contributed by atoms with Crippen molar-refractivity contribution < 1.29 is 9.13 Å². The van der Waals surface area contributed by atoms with Crippen LogP contribution in [0.1, 0.15) is 11.6 Å². The van der Waals surface area contributed by atoms with Crippen molar-refractivity contribution in [1.29, 1.82) is 0 Å². The number of nitrogens with one attached hydrogen (secondary N) is 1. The lowest BCUT2D eigenvalue weighted by Crippen LogP contribution is -2.27. The first-order valence-electron chi connectivity index (χ1n) is 7.73. The van der Waals surface area contributed by atoms with Crippen LogP contribution in [0.3, 0.4) is 0 Å². The van der Waals surface area contributed by atoms with E-state index < -0.39 is 0 Å². The van der Waals surface area contributed by atoms with Crippen molar-refractivity contribution in [1.82, 2.24) is 4.90 Å². The van der Waals surface area contributed by atoms with E-state index >= 15 is 0 Å². The van der Waals surface area contributed by atoms with Crippen LogP contribution in [0.2, 0.25) is 5.02 Å². The predicted octanol–water partition coefficient (Wildman–Crippen LogP) is 4.14. The molecule has 5 nitrogen and oxygen atoms in total. The van der Waals surface area contributed by atoms with Crippen molar-refractivity contribution in [2.75, 3.05) is 33.1 Å². The zero-order valence-corrected chi connectivity index (χ0v) is 18.0. The number of guanidine groups is 1. The maximum Gasteiger partial charge on any atom is 0.193 e. The number of anilines is 1. The van der Waals surface area contributed by atoms with Crippen LogP contribution >= 0.6 is 35.6 Å². The maximum absolute atomic E-state index is 13.5. The molecule has 3 N–H and O–H groups in total. The summed E-state index contributed by atoms with van der Waals surface area (Å²) >= 11 is 6.09. The van der Waals surface area contributed by atoms with Crippen LogP contribution < -0.4 is 15.8 Å². The molecule has 2 aromatic rings. The van der Waals surface area contributed by atoms with E-state index in [0.717, 1.165) is 5.56 Å². The zero-order valence-electron chi connectivity index (χ0n) is 14.9. The Morgan fingerprint density at radius 2 is 2.04 bits per heavy atom. The largest absolute Gasteiger partial charge is 0.495 e. The molecule has 8 heteroatoms. The van der Waals surface area contributed by atoms with Crippen LogP contribution in [0.25, 0.3) is 0 Å². The van der Waals surface area contributed by atoms with E-state index in [9.17, 15) is 4.39 Å². The van der Waals surface area contributed by atoms with Gasteiger partial charge in [-0.2, -0.15) is 0 Å². The van der Waals surface area contributed by atoms with E-state index in [2.05, 4.69) is 10.3 Å². The average molecular weight is 493 g/mol. The van der Waals surface area contributed by atoms with Gasteiger partial charge in [-0.1, -0.05) is 23.7 Å². The normalized spacial score (nSPS) is 12.5. The number of rotatable bonds is 6. The van der Waals surface area contributed by atoms with E-state index in [1.54, 1.807) is 31.4 Å². The fraction of sp³-hybridized carbons (Fsp3) is 0.278. The molecule has 0 saturated carbocycles. The standard InChI is InChI=1S/C18H22ClFN4O.HI/c1-24(2)16(12-5-4-6-13(20)9-12)11-22-18(21)23-14-7-8-17(25-3)15(19)10-14;/h4-10,16H,11H2,1-3H3,(H3,21,22,23);1H. The molecule has 142 valence electrons. The van der Waals surface area contributed by atoms with Gasteiger partial charge in [0.2, 0.25) is 0 Å². The van der Waals surface area contributed by atoms with E-state index in [-0.39, 0.29) is 41.8 Å². The molecule has 2 aromatic carbocycles. The van der Waals surface area contributed by atoms with E-state index in [0.29, 0.717) is 23.0 Å². The molecule has 0 aliphatic rings. The lowest BCUT2D eigenvalue weighted by molar-refractivity contribution is 0.306. The van der Waals surface area contributed by atoms with Gasteiger partial charge in [-0.15, -0.1) is 24.0 Å². The number of hydrogen-bond acceptors (Lipinski definition) is 3. The third-order valence-electron chi connectivity index (χ3n) is 3.72. The van der Waals surface area contributed by atoms with Crippen molar-refractivity contribution in [3.05, 3.63) is 58.9 Å². The monoisotopic (exact) mass is 492 g/mol. The predicted molar refractivity (Wildman–Crippen MR) is 116 cm³/mol. The van der Waals surface area contributed by atoms with Crippen LogP contribution in [-0.2, 0) is 0 Å². The van der Waals surface area contributed by atoms with Crippen molar-refractivity contribution in [2.45, 2.75) is 6.04 Å². The summed E-state index contributed by atoms with van der Waals surface area (Å²) in [5.41, 5.74) is 7.50. The van der Waals surface area contributed by atoms with Gasteiger partial charge < -0.3 is 20.7 Å². The van der Waals surface area contributed by atoms with E-state index in [1.807, 2.05) is 25.1 Å². The van der Waals surface area contributed by atoms with Gasteiger partial charge in [-0.05, 0) is 50.0 Å². The molecule has 0 saturated heterocycles. The molecule has 0 fully saturated rings. The number of nitrogens with two attached hydrogens (primary N) is 1. The van der Waals surface area contributed by atoms with Gasteiger partial charge in [0.15, 0.2) is 5.96 Å². The number of likely N-dealkylation sites (N-methyl/N-ethyl adjacent to an activating group) is 1. The Morgan fingerprint density at radius 1 is 1.31 bits per heavy atom. The molecule has 0 aliphatic heterocycles. The number of methoxy groups -OCH3 is 1. The molecule has 0 spiro atoms. The first kappa shape index (κ1) is 22.5. The van der Waals surface area contributed by atoms with Crippen molar-refractivity contribution in [3.63, 3.8) is 0 Å². The number of hydrogen-bond donors (Lipinski definition) is 2. The van der Waals surface area contributed by atoms with E-state index in [1.165, 1.54) is 12.1 Å². The smallest absolute Gasteiger partial charge is 0.193 e. The minimum absolute atomic E-state index is 0. The SMILES string of the molecule is COc1ccc(NC(N)=NCC(c2cccc(F)c2)N(C)C)cc1Cl.I. The Hall–Kier alpha value is -1.58. The quantitative estimate of drug-likeness (QED) is 0.362. The Bertz CT molecular complexity index is 758. The first-order valence-corrected chi connectivity index (χ1v) is 8.11. The van der Waals surface area contributed by atoms with Gasteiger partial charge >= 0.3 is 0 Å². The molecule has 0 aliphatic carbocycles. The van der Waals surface area contributed by atoms with Crippen LogP contribution in [-0.4, -0.2) is 38.6 Å². The van der Waals surface area contributed by atoms with Gasteiger partial charge in [-0.3, -0.25) is 4.99 Å². The van der Waals surface area contributed by atoms with Crippen LogP contribution in [0.4, 0.5) is 10.1 Å². The molecule has 1 unspecified atom stereocenters. The van der Waals surface area contributed by atoms with Crippen LogP contribution in [0.15, 0.2) is 47.5 Å². The molecule has 26 heavy (non-hydrogen) atoms. The summed E-state index contributed by atoms with van der Waals surface area (Å²) < 4.78 is 18.6. The third-order valence-corrected chi connectivity index (χ3v) is 4.01. The summed E-state index contributed by atoms with van der Waals surface area (Å²) in [6, 6.07) is 11.6. The molecule has 0 amide bonds. The summed E-state index contributed by atoms with van der Waals surface area (Å²) in [7, 11) is 5.38. The Balaban J connectivity index is 0.00000338. The highest BCUT2D eigenvalue weighted by molar-refractivity contribution is 14.0. The minimum Gasteiger partial charge on any atom is -0.495 e. The average Bonchev–Trinajstić information content (AvgIpc) is 2.55. The first-order chi connectivity index (χ1) is 11.9. The second kappa shape index (κ2) is 10.5. The third kappa shape index (κ3) is 6.30. The summed E-state index contributed by atoms with van der Waals surface area (Å²) in [5.74, 6) is 0.568. The fourth-order valence-electron chi connectivity index (χ4n) is 2.40. The number of halogens is 3. The maximum atomic E-state index is 13.5. The van der Waals surface area contributed by atoms with Gasteiger partial charge in [0.1, 0.15) is 11.6 Å². The summed E-state index contributed by atoms with van der Waals surface area (Å²) in [5, 5.41) is 3.46. The van der Waals surface area contributed by atoms with Gasteiger partial charge in [0.25, 0.3) is 0 Å². The lowest BCUT2D eigenvalue weighted by Gasteiger charge is -2.23. The Kier molecular flexibility index (Phi) is 9.11. The summed E-state index contributed by atoms with van der Waals surface area (Å²) in [6.45, 7) is 0.388. The van der Waals surface area contributed by atoms with E-state index in [4.69, 9.17) is 22.1 Å². The highest BCUT2D eigenvalue weighted by Gasteiger charge is 2.14. The van der Waals surface area contributed by atoms with Gasteiger partial charge in [0.05, 0.1) is 24.7 Å². The van der Waals surface area contributed by atoms with Crippen LogP contribution in [0, 0.1) is 5.82 Å². The second-order valence-electron chi connectivity index (χ2n) is 5.73. The fourth-order valence-corrected chi connectivity index (χ4v) is 2.65. The number of nitrogens with zero attached hydrogens (tertiary/aromatic N) is 2. The van der Waals surface area contributed by atoms with Gasteiger partial charge in [0, 0.05) is 5.69 Å². The van der Waals surface area contributed by atoms with Gasteiger partial charge in [-0.25, -0.2) is 4.39 Å². The summed E-state index contributed by atoms with van der Waals surface area (Å²) in [6.07, 6.45) is 0. The van der Waals surface area contributed by atoms with Crippen molar-refractivity contribution >= 4 is 47.2 Å². The molecular formula is C18H23ClFIN4O. The molecule has 0 aromatic heterocycles. The zero-order chi connectivity index (χ0) is 18.4. The molecular weight excluding hydrogens is 470 g/mol. The Labute approximate surface area is 175 Å². The highest BCUT2D eigenvalue weighted by Crippen LogP contribution is 2.27. The highest BCUT2D eigenvalue weighted by atomic mass is 127. The van der Waals surface area contributed by atoms with Crippen molar-refractivity contribution in [3.8, 4) is 5.75 Å². The number of ether oxygens (including phenoxy) is 1. The van der Waals surface area contributed by atoms with Crippen molar-refractivity contribution in [2.24, 2.45) is 10.7 Å². The van der Waals surface area contributed by atoms with Crippen LogP contribution in [0.5, 0.6) is 5.75 Å². The molecule has 2 rings (SSSR count). The molecule has 0 heterocycles. The second-order valence-corrected chi connectivity index (χ2v) is 6.14. The molecule has 0 radical (unpaired) electrons. The molecule has 1 atom stereocenters. The number of benzene rings is 2. The lowest BCUT2D eigenvalue weighted by atomic mass is 10.1.